The molecular formula is C19H28N4. The van der Waals surface area contributed by atoms with Crippen LogP contribution in [0.3, 0.4) is 0 Å². The first-order valence-electron chi connectivity index (χ1n) is 8.12. The predicted molar refractivity (Wildman–Crippen MR) is 96.6 cm³/mol. The van der Waals surface area contributed by atoms with E-state index < -0.39 is 0 Å². The van der Waals surface area contributed by atoms with Gasteiger partial charge < -0.3 is 17.2 Å². The zero-order chi connectivity index (χ0) is 16.5. The van der Waals surface area contributed by atoms with Gasteiger partial charge in [0.05, 0.1) is 0 Å². The molecule has 0 heterocycles. The monoisotopic (exact) mass is 312 g/mol. The van der Waals surface area contributed by atoms with Crippen LogP contribution >= 0.6 is 0 Å². The van der Waals surface area contributed by atoms with Gasteiger partial charge in [0.25, 0.3) is 0 Å². The van der Waals surface area contributed by atoms with Crippen LogP contribution in [0.2, 0.25) is 0 Å². The van der Waals surface area contributed by atoms with Gasteiger partial charge in [-0.2, -0.15) is 0 Å². The largest absolute Gasteiger partial charge is 0.330 e. The van der Waals surface area contributed by atoms with E-state index in [9.17, 15) is 0 Å². The summed E-state index contributed by atoms with van der Waals surface area (Å²) in [6.45, 7) is 4.01. The molecule has 4 nitrogen and oxygen atoms in total. The van der Waals surface area contributed by atoms with Crippen LogP contribution in [0.5, 0.6) is 0 Å². The Bertz CT molecular complexity index is 502. The summed E-state index contributed by atoms with van der Waals surface area (Å²) in [5, 5.41) is 0. The number of hydrogen-bond donors (Lipinski definition) is 3. The van der Waals surface area contributed by atoms with E-state index in [0.29, 0.717) is 19.6 Å². The molecular weight excluding hydrogens is 284 g/mol. The van der Waals surface area contributed by atoms with Crippen LogP contribution in [-0.4, -0.2) is 31.1 Å². The number of nitrogens with zero attached hydrogens (tertiary/aromatic N) is 1. The molecule has 2 rings (SSSR count). The maximum atomic E-state index is 5.98. The van der Waals surface area contributed by atoms with Crippen LogP contribution in [-0.2, 0) is 13.1 Å². The molecule has 0 aliphatic carbocycles. The lowest BCUT2D eigenvalue weighted by Crippen LogP contribution is -2.51. The minimum absolute atomic E-state index is 0.233. The maximum absolute atomic E-state index is 5.98. The van der Waals surface area contributed by atoms with Gasteiger partial charge in [-0.05, 0) is 11.1 Å². The second kappa shape index (κ2) is 8.79. The maximum Gasteiger partial charge on any atom is 0.0237 e. The summed E-state index contributed by atoms with van der Waals surface area (Å²) >= 11 is 0. The Kier molecular flexibility index (Phi) is 6.74. The quantitative estimate of drug-likeness (QED) is 0.656. The molecule has 23 heavy (non-hydrogen) atoms. The SMILES string of the molecule is NCC(CN)(CN)CN(Cc1ccccc1)Cc1ccccc1. The van der Waals surface area contributed by atoms with Gasteiger partial charge in [-0.1, -0.05) is 60.7 Å². The molecule has 0 amide bonds. The van der Waals surface area contributed by atoms with Crippen molar-refractivity contribution in [1.29, 1.82) is 0 Å². The van der Waals surface area contributed by atoms with Crippen LogP contribution in [0.1, 0.15) is 11.1 Å². The zero-order valence-electron chi connectivity index (χ0n) is 13.7. The summed E-state index contributed by atoms with van der Waals surface area (Å²) in [6, 6.07) is 20.9. The van der Waals surface area contributed by atoms with Gasteiger partial charge in [0.2, 0.25) is 0 Å². The highest BCUT2D eigenvalue weighted by molar-refractivity contribution is 5.17. The van der Waals surface area contributed by atoms with E-state index in [1.165, 1.54) is 11.1 Å². The van der Waals surface area contributed by atoms with E-state index in [0.717, 1.165) is 19.6 Å². The fourth-order valence-corrected chi connectivity index (χ4v) is 2.77. The van der Waals surface area contributed by atoms with Gasteiger partial charge in [-0.25, -0.2) is 0 Å². The van der Waals surface area contributed by atoms with Gasteiger partial charge in [0.15, 0.2) is 0 Å². The Hall–Kier alpha value is -1.72. The molecule has 0 atom stereocenters. The lowest BCUT2D eigenvalue weighted by atomic mass is 9.87. The second-order valence-electron chi connectivity index (χ2n) is 6.23. The molecule has 0 spiro atoms. The van der Waals surface area contributed by atoms with Crippen molar-refractivity contribution in [3.63, 3.8) is 0 Å². The summed E-state index contributed by atoms with van der Waals surface area (Å²) in [5.41, 5.74) is 20.3. The molecule has 2 aromatic rings. The first kappa shape index (κ1) is 17.6. The molecule has 0 saturated heterocycles. The standard InChI is InChI=1S/C19H28N4/c20-13-19(14-21,15-22)16-23(11-17-7-3-1-4-8-17)12-18-9-5-2-6-10-18/h1-10H,11-16,20-22H2. The van der Waals surface area contributed by atoms with Crippen molar-refractivity contribution >= 4 is 0 Å². The number of nitrogens with two attached hydrogens (primary N) is 3. The number of rotatable bonds is 9. The van der Waals surface area contributed by atoms with Crippen molar-refractivity contribution in [2.45, 2.75) is 13.1 Å². The van der Waals surface area contributed by atoms with E-state index in [2.05, 4.69) is 53.4 Å². The van der Waals surface area contributed by atoms with E-state index in [4.69, 9.17) is 17.2 Å². The number of benzene rings is 2. The number of hydrogen-bond acceptors (Lipinski definition) is 4. The summed E-state index contributed by atoms with van der Waals surface area (Å²) in [4.78, 5) is 2.39. The van der Waals surface area contributed by atoms with Crippen LogP contribution in [0.25, 0.3) is 0 Å². The molecule has 0 aliphatic rings. The molecule has 6 N–H and O–H groups in total. The second-order valence-corrected chi connectivity index (χ2v) is 6.23. The highest BCUT2D eigenvalue weighted by Crippen LogP contribution is 2.18. The van der Waals surface area contributed by atoms with Gasteiger partial charge >= 0.3 is 0 Å². The first-order valence-corrected chi connectivity index (χ1v) is 8.12. The molecule has 0 saturated carbocycles. The predicted octanol–water partition coefficient (Wildman–Crippen LogP) is 1.55. The third-order valence-corrected chi connectivity index (χ3v) is 4.36. The molecule has 4 heteroatoms. The van der Waals surface area contributed by atoms with Crippen LogP contribution in [0.4, 0.5) is 0 Å². The Balaban J connectivity index is 2.16. The lowest BCUT2D eigenvalue weighted by Gasteiger charge is -2.36. The Morgan fingerprint density at radius 2 is 1.04 bits per heavy atom. The van der Waals surface area contributed by atoms with Gasteiger partial charge in [-0.15, -0.1) is 0 Å². The fraction of sp³-hybridized carbons (Fsp3) is 0.368. The van der Waals surface area contributed by atoms with Gasteiger partial charge in [0, 0.05) is 44.7 Å². The Morgan fingerprint density at radius 3 is 1.39 bits per heavy atom. The smallest absolute Gasteiger partial charge is 0.0237 e. The zero-order valence-corrected chi connectivity index (χ0v) is 13.7. The van der Waals surface area contributed by atoms with Gasteiger partial charge in [-0.3, -0.25) is 4.90 Å². The van der Waals surface area contributed by atoms with E-state index in [1.54, 1.807) is 0 Å². The topological polar surface area (TPSA) is 81.3 Å². The van der Waals surface area contributed by atoms with Crippen LogP contribution in [0.15, 0.2) is 60.7 Å². The third kappa shape index (κ3) is 5.15. The van der Waals surface area contributed by atoms with Crippen molar-refractivity contribution in [2.75, 3.05) is 26.2 Å². The van der Waals surface area contributed by atoms with Crippen molar-refractivity contribution in [3.8, 4) is 0 Å². The molecule has 0 unspecified atom stereocenters. The summed E-state index contributed by atoms with van der Waals surface area (Å²) in [6.07, 6.45) is 0. The van der Waals surface area contributed by atoms with E-state index >= 15 is 0 Å². The average molecular weight is 312 g/mol. The minimum atomic E-state index is -0.233. The lowest BCUT2D eigenvalue weighted by molar-refractivity contribution is 0.151. The molecule has 2 aromatic carbocycles. The van der Waals surface area contributed by atoms with Crippen molar-refractivity contribution in [2.24, 2.45) is 22.6 Å². The first-order chi connectivity index (χ1) is 11.2. The summed E-state index contributed by atoms with van der Waals surface area (Å²) < 4.78 is 0. The Morgan fingerprint density at radius 1 is 0.652 bits per heavy atom. The highest BCUT2D eigenvalue weighted by atomic mass is 15.1. The molecule has 0 aromatic heterocycles. The van der Waals surface area contributed by atoms with E-state index in [1.807, 2.05) is 12.1 Å². The molecule has 0 aliphatic heterocycles. The van der Waals surface area contributed by atoms with Crippen molar-refractivity contribution < 1.29 is 0 Å². The van der Waals surface area contributed by atoms with E-state index in [-0.39, 0.29) is 5.41 Å². The minimum Gasteiger partial charge on any atom is -0.330 e. The third-order valence-electron chi connectivity index (χ3n) is 4.36. The van der Waals surface area contributed by atoms with Crippen molar-refractivity contribution in [3.05, 3.63) is 71.8 Å². The Labute approximate surface area is 139 Å². The highest BCUT2D eigenvalue weighted by Gasteiger charge is 2.28. The molecule has 0 radical (unpaired) electrons. The normalized spacial score (nSPS) is 11.8. The van der Waals surface area contributed by atoms with Gasteiger partial charge in [0.1, 0.15) is 0 Å². The average Bonchev–Trinajstić information content (AvgIpc) is 2.61. The fourth-order valence-electron chi connectivity index (χ4n) is 2.77. The molecule has 0 bridgehead atoms. The molecule has 0 fully saturated rings. The van der Waals surface area contributed by atoms with Crippen LogP contribution < -0.4 is 17.2 Å². The van der Waals surface area contributed by atoms with Crippen molar-refractivity contribution in [1.82, 2.24) is 4.90 Å². The summed E-state index contributed by atoms with van der Waals surface area (Å²) in [7, 11) is 0. The molecule has 124 valence electrons. The van der Waals surface area contributed by atoms with Crippen LogP contribution in [0, 0.1) is 5.41 Å². The summed E-state index contributed by atoms with van der Waals surface area (Å²) in [5.74, 6) is 0.